The fourth-order valence-corrected chi connectivity index (χ4v) is 0.231. The number of aliphatic hydroxyl groups excluding tert-OH is 2. The highest BCUT2D eigenvalue weighted by Crippen LogP contribution is 1.68. The summed E-state index contributed by atoms with van der Waals surface area (Å²) in [7, 11) is 0. The first-order valence-electron chi connectivity index (χ1n) is 4.99. The Hall–Kier alpha value is -1.71. The maximum absolute atomic E-state index is 9.00. The number of aliphatic carboxylic acids is 3. The molecule has 0 amide bonds. The Bertz CT molecular complexity index is 171. The molecular formula is C10H22O9. The molecule has 0 rings (SSSR count). The highest BCUT2D eigenvalue weighted by Gasteiger charge is 1.79. The number of aliphatic hydroxyl groups is 2. The van der Waals surface area contributed by atoms with Gasteiger partial charge in [0.15, 0.2) is 0 Å². The fourth-order valence-electron chi connectivity index (χ4n) is 0.231. The molecule has 0 aliphatic carbocycles. The lowest BCUT2D eigenvalue weighted by molar-refractivity contribution is -0.135. The Balaban J connectivity index is -0.0000000825. The number of ether oxygens (including phenoxy) is 1. The van der Waals surface area contributed by atoms with Crippen LogP contribution in [0.5, 0.6) is 0 Å². The van der Waals surface area contributed by atoms with Crippen molar-refractivity contribution in [3.8, 4) is 0 Å². The van der Waals surface area contributed by atoms with Crippen molar-refractivity contribution in [3.05, 3.63) is 0 Å². The van der Waals surface area contributed by atoms with Crippen molar-refractivity contribution in [2.45, 2.75) is 20.8 Å². The fraction of sp³-hybridized carbons (Fsp3) is 0.700. The molecule has 0 aromatic heterocycles. The molecule has 9 heteroatoms. The Morgan fingerprint density at radius 2 is 0.895 bits per heavy atom. The number of carboxylic acid groups (broad SMARTS) is 3. The van der Waals surface area contributed by atoms with Gasteiger partial charge >= 0.3 is 0 Å². The van der Waals surface area contributed by atoms with Gasteiger partial charge in [-0.2, -0.15) is 0 Å². The van der Waals surface area contributed by atoms with Crippen molar-refractivity contribution >= 4 is 17.9 Å². The van der Waals surface area contributed by atoms with Crippen molar-refractivity contribution < 1.29 is 44.7 Å². The van der Waals surface area contributed by atoms with E-state index in [1.54, 1.807) is 0 Å². The standard InChI is InChI=1S/C4H10O3.3C2H4O2/c5-1-3-7-4-2-6;3*1-2(3)4/h5-6H,1-4H2;3*1H3,(H,3,4). The van der Waals surface area contributed by atoms with Crippen LogP contribution in [0.4, 0.5) is 0 Å². The predicted octanol–water partition coefficient (Wildman–Crippen LogP) is -0.740. The third kappa shape index (κ3) is 634. The van der Waals surface area contributed by atoms with Crippen LogP contribution in [0.15, 0.2) is 0 Å². The zero-order valence-electron chi connectivity index (χ0n) is 11.2. The van der Waals surface area contributed by atoms with Crippen molar-refractivity contribution in [1.82, 2.24) is 0 Å². The maximum Gasteiger partial charge on any atom is 0.300 e. The summed E-state index contributed by atoms with van der Waals surface area (Å²) < 4.78 is 4.63. The minimum absolute atomic E-state index is 0.0278. The quantitative estimate of drug-likeness (QED) is 0.419. The topological polar surface area (TPSA) is 162 Å². The average Bonchev–Trinajstić information content (AvgIpc) is 2.15. The molecule has 0 heterocycles. The summed E-state index contributed by atoms with van der Waals surface area (Å²) in [4.78, 5) is 27.0. The number of hydrogen-bond donors (Lipinski definition) is 5. The highest BCUT2D eigenvalue weighted by atomic mass is 16.5. The first-order valence-corrected chi connectivity index (χ1v) is 4.99. The Labute approximate surface area is 111 Å². The molecule has 0 saturated carbocycles. The van der Waals surface area contributed by atoms with Crippen LogP contribution < -0.4 is 0 Å². The summed E-state index contributed by atoms with van der Waals surface area (Å²) in [6.07, 6.45) is 0. The molecule has 19 heavy (non-hydrogen) atoms. The lowest BCUT2D eigenvalue weighted by atomic mass is 10.7. The Morgan fingerprint density at radius 1 is 0.737 bits per heavy atom. The summed E-state index contributed by atoms with van der Waals surface area (Å²) in [6, 6.07) is 0. The zero-order chi connectivity index (χ0) is 16.3. The number of hydrogen-bond acceptors (Lipinski definition) is 6. The highest BCUT2D eigenvalue weighted by molar-refractivity contribution is 5.63. The van der Waals surface area contributed by atoms with Gasteiger partial charge in [-0.15, -0.1) is 0 Å². The van der Waals surface area contributed by atoms with Gasteiger partial charge in [-0.25, -0.2) is 0 Å². The normalized spacial score (nSPS) is 7.42. The monoisotopic (exact) mass is 286 g/mol. The molecule has 0 aromatic carbocycles. The SMILES string of the molecule is CC(=O)O.CC(=O)O.CC(=O)O.OCCOCCO. The van der Waals surface area contributed by atoms with Crippen molar-refractivity contribution in [3.63, 3.8) is 0 Å². The van der Waals surface area contributed by atoms with Crippen molar-refractivity contribution in [2.75, 3.05) is 26.4 Å². The summed E-state index contributed by atoms with van der Waals surface area (Å²) in [5, 5.41) is 38.4. The zero-order valence-corrected chi connectivity index (χ0v) is 11.2. The Kier molecular flexibility index (Phi) is 34.5. The molecule has 0 aliphatic heterocycles. The van der Waals surface area contributed by atoms with Gasteiger partial charge in [0.2, 0.25) is 0 Å². The first-order chi connectivity index (χ1) is 8.61. The van der Waals surface area contributed by atoms with Gasteiger partial charge in [0.1, 0.15) is 0 Å². The largest absolute Gasteiger partial charge is 0.481 e. The van der Waals surface area contributed by atoms with Crippen molar-refractivity contribution in [1.29, 1.82) is 0 Å². The van der Waals surface area contributed by atoms with E-state index in [4.69, 9.17) is 39.9 Å². The molecule has 0 saturated heterocycles. The number of carboxylic acids is 3. The molecule has 116 valence electrons. The van der Waals surface area contributed by atoms with E-state index in [2.05, 4.69) is 4.74 Å². The van der Waals surface area contributed by atoms with Gasteiger partial charge in [-0.3, -0.25) is 14.4 Å². The van der Waals surface area contributed by atoms with Crippen LogP contribution in [0, 0.1) is 0 Å². The van der Waals surface area contributed by atoms with Gasteiger partial charge in [0.05, 0.1) is 26.4 Å². The molecule has 0 radical (unpaired) electrons. The van der Waals surface area contributed by atoms with Crippen LogP contribution >= 0.6 is 0 Å². The summed E-state index contributed by atoms with van der Waals surface area (Å²) in [6.45, 7) is 3.95. The average molecular weight is 286 g/mol. The van der Waals surface area contributed by atoms with E-state index in [0.29, 0.717) is 13.2 Å². The molecule has 0 unspecified atom stereocenters. The van der Waals surface area contributed by atoms with Gasteiger partial charge < -0.3 is 30.3 Å². The predicted molar refractivity (Wildman–Crippen MR) is 64.9 cm³/mol. The van der Waals surface area contributed by atoms with Crippen LogP contribution in [0.2, 0.25) is 0 Å². The second-order valence-corrected chi connectivity index (χ2v) is 2.62. The van der Waals surface area contributed by atoms with Gasteiger partial charge in [0, 0.05) is 20.8 Å². The Morgan fingerprint density at radius 3 is 1.00 bits per heavy atom. The van der Waals surface area contributed by atoms with Gasteiger partial charge in [0.25, 0.3) is 17.9 Å². The molecule has 0 bridgehead atoms. The molecule has 0 fully saturated rings. The lowest BCUT2D eigenvalue weighted by Crippen LogP contribution is -2.03. The minimum atomic E-state index is -0.833. The molecule has 0 atom stereocenters. The van der Waals surface area contributed by atoms with Crippen LogP contribution in [0.25, 0.3) is 0 Å². The summed E-state index contributed by atoms with van der Waals surface area (Å²) in [5.41, 5.74) is 0. The first kappa shape index (κ1) is 26.0. The molecule has 0 aliphatic rings. The van der Waals surface area contributed by atoms with Gasteiger partial charge in [-0.1, -0.05) is 0 Å². The summed E-state index contributed by atoms with van der Waals surface area (Å²) >= 11 is 0. The van der Waals surface area contributed by atoms with Crippen LogP contribution in [-0.2, 0) is 19.1 Å². The smallest absolute Gasteiger partial charge is 0.300 e. The molecule has 9 nitrogen and oxygen atoms in total. The number of carbonyl (C=O) groups is 3. The molecular weight excluding hydrogens is 264 g/mol. The van der Waals surface area contributed by atoms with Crippen LogP contribution in [0.1, 0.15) is 20.8 Å². The molecule has 0 aromatic rings. The van der Waals surface area contributed by atoms with Crippen LogP contribution in [0.3, 0.4) is 0 Å². The maximum atomic E-state index is 9.00. The van der Waals surface area contributed by atoms with E-state index in [-0.39, 0.29) is 13.2 Å². The molecule has 5 N–H and O–H groups in total. The van der Waals surface area contributed by atoms with Gasteiger partial charge in [-0.05, 0) is 0 Å². The van der Waals surface area contributed by atoms with E-state index in [1.165, 1.54) is 0 Å². The van der Waals surface area contributed by atoms with E-state index < -0.39 is 17.9 Å². The van der Waals surface area contributed by atoms with Crippen LogP contribution in [-0.4, -0.2) is 69.9 Å². The lowest BCUT2D eigenvalue weighted by Gasteiger charge is -1.94. The van der Waals surface area contributed by atoms with E-state index in [0.717, 1.165) is 20.8 Å². The third-order valence-corrected chi connectivity index (χ3v) is 0.471. The number of rotatable bonds is 4. The second kappa shape index (κ2) is 25.2. The van der Waals surface area contributed by atoms with E-state index in [9.17, 15) is 0 Å². The second-order valence-electron chi connectivity index (χ2n) is 2.62. The third-order valence-electron chi connectivity index (χ3n) is 0.471. The van der Waals surface area contributed by atoms with Crippen molar-refractivity contribution in [2.24, 2.45) is 0 Å². The summed E-state index contributed by atoms with van der Waals surface area (Å²) in [5.74, 6) is -2.50. The minimum Gasteiger partial charge on any atom is -0.481 e. The van der Waals surface area contributed by atoms with E-state index >= 15 is 0 Å². The molecule has 0 spiro atoms. The van der Waals surface area contributed by atoms with E-state index in [1.807, 2.05) is 0 Å².